The first-order valence-electron chi connectivity index (χ1n) is 6.59. The molecule has 21 heavy (non-hydrogen) atoms. The molecule has 1 aromatic carbocycles. The fourth-order valence-corrected chi connectivity index (χ4v) is 3.08. The van der Waals surface area contributed by atoms with Crippen molar-refractivity contribution in [3.05, 3.63) is 29.3 Å². The molecule has 0 bridgehead atoms. The summed E-state index contributed by atoms with van der Waals surface area (Å²) in [5.41, 5.74) is -0.529. The lowest BCUT2D eigenvalue weighted by atomic mass is 10.1. The van der Waals surface area contributed by atoms with Crippen LogP contribution in [0.25, 0.3) is 0 Å². The highest BCUT2D eigenvalue weighted by molar-refractivity contribution is 7.89. The van der Waals surface area contributed by atoms with Crippen LogP contribution in [0.5, 0.6) is 0 Å². The van der Waals surface area contributed by atoms with Crippen LogP contribution in [0.1, 0.15) is 36.0 Å². The third-order valence-corrected chi connectivity index (χ3v) is 4.52. The molecule has 1 aliphatic rings. The zero-order valence-corrected chi connectivity index (χ0v) is 12.1. The maximum atomic E-state index is 13.6. The Bertz CT molecular complexity index is 656. The van der Waals surface area contributed by atoms with Gasteiger partial charge in [0.05, 0.1) is 5.56 Å². The Morgan fingerprint density at radius 1 is 1.24 bits per heavy atom. The molecule has 2 rings (SSSR count). The summed E-state index contributed by atoms with van der Waals surface area (Å²) in [6, 6.07) is 0.980. The van der Waals surface area contributed by atoms with Crippen LogP contribution in [0.3, 0.4) is 0 Å². The lowest BCUT2D eigenvalue weighted by Gasteiger charge is -2.12. The van der Waals surface area contributed by atoms with Gasteiger partial charge in [-0.15, -0.1) is 0 Å². The summed E-state index contributed by atoms with van der Waals surface area (Å²) in [5.74, 6) is -2.87. The van der Waals surface area contributed by atoms with Gasteiger partial charge >= 0.3 is 0 Å². The van der Waals surface area contributed by atoms with Crippen LogP contribution in [-0.4, -0.2) is 20.9 Å². The van der Waals surface area contributed by atoms with E-state index in [1.165, 1.54) is 0 Å². The molecule has 0 atom stereocenters. The molecule has 1 fully saturated rings. The molecular weight excluding hydrogens is 302 g/mol. The standard InChI is InChI=1S/C13H16F2N2O3S/c14-10-6-11(15)12(21(16,19)20)5-9(10)13(18)17-7-8-3-1-2-4-8/h5-6,8H,1-4,7H2,(H,17,18)(H2,16,19,20). The van der Waals surface area contributed by atoms with Crippen molar-refractivity contribution < 1.29 is 22.0 Å². The maximum Gasteiger partial charge on any atom is 0.254 e. The second kappa shape index (κ2) is 6.07. The molecule has 0 spiro atoms. The van der Waals surface area contributed by atoms with Crippen molar-refractivity contribution in [2.45, 2.75) is 30.6 Å². The molecule has 1 aromatic rings. The van der Waals surface area contributed by atoms with E-state index in [0.29, 0.717) is 24.6 Å². The molecule has 3 N–H and O–H groups in total. The number of carbonyl (C=O) groups excluding carboxylic acids is 1. The fraction of sp³-hybridized carbons (Fsp3) is 0.462. The average Bonchev–Trinajstić information content (AvgIpc) is 2.87. The number of amides is 1. The number of hydrogen-bond acceptors (Lipinski definition) is 3. The summed E-state index contributed by atoms with van der Waals surface area (Å²) in [5, 5.41) is 7.37. The van der Waals surface area contributed by atoms with E-state index in [0.717, 1.165) is 25.7 Å². The highest BCUT2D eigenvalue weighted by atomic mass is 32.2. The minimum Gasteiger partial charge on any atom is -0.352 e. The lowest BCUT2D eigenvalue weighted by Crippen LogP contribution is -2.29. The predicted octanol–water partition coefficient (Wildman–Crippen LogP) is 1.53. The molecule has 5 nitrogen and oxygen atoms in total. The number of carbonyl (C=O) groups is 1. The molecule has 8 heteroatoms. The second-order valence-corrected chi connectivity index (χ2v) is 6.70. The zero-order valence-electron chi connectivity index (χ0n) is 11.2. The molecular formula is C13H16F2N2O3S. The van der Waals surface area contributed by atoms with Crippen molar-refractivity contribution in [1.82, 2.24) is 5.32 Å². The van der Waals surface area contributed by atoms with Crippen LogP contribution >= 0.6 is 0 Å². The average molecular weight is 318 g/mol. The summed E-state index contributed by atoms with van der Waals surface area (Å²) in [4.78, 5) is 11.0. The van der Waals surface area contributed by atoms with Gasteiger partial charge < -0.3 is 5.32 Å². The Morgan fingerprint density at radius 2 is 1.86 bits per heavy atom. The topological polar surface area (TPSA) is 89.3 Å². The van der Waals surface area contributed by atoms with Crippen molar-refractivity contribution in [1.29, 1.82) is 0 Å². The quantitative estimate of drug-likeness (QED) is 0.882. The number of hydrogen-bond donors (Lipinski definition) is 2. The zero-order chi connectivity index (χ0) is 15.6. The third kappa shape index (κ3) is 3.76. The molecule has 0 unspecified atom stereocenters. The molecule has 0 radical (unpaired) electrons. The van der Waals surface area contributed by atoms with E-state index in [2.05, 4.69) is 5.32 Å². The van der Waals surface area contributed by atoms with Gasteiger partial charge in [-0.05, 0) is 24.8 Å². The number of benzene rings is 1. The van der Waals surface area contributed by atoms with Crippen molar-refractivity contribution in [2.75, 3.05) is 6.54 Å². The number of halogens is 2. The maximum absolute atomic E-state index is 13.6. The van der Waals surface area contributed by atoms with Crippen molar-refractivity contribution in [3.63, 3.8) is 0 Å². The van der Waals surface area contributed by atoms with Crippen LogP contribution in [0.4, 0.5) is 8.78 Å². The third-order valence-electron chi connectivity index (χ3n) is 3.60. The Hall–Kier alpha value is -1.54. The van der Waals surface area contributed by atoms with Gasteiger partial charge in [-0.2, -0.15) is 0 Å². The van der Waals surface area contributed by atoms with Crippen molar-refractivity contribution in [2.24, 2.45) is 11.1 Å². The first-order chi connectivity index (χ1) is 9.79. The Labute approximate surface area is 121 Å². The van der Waals surface area contributed by atoms with E-state index >= 15 is 0 Å². The predicted molar refractivity (Wildman–Crippen MR) is 72.0 cm³/mol. The van der Waals surface area contributed by atoms with Crippen LogP contribution in [0.15, 0.2) is 17.0 Å². The molecule has 1 amide bonds. The number of nitrogens with one attached hydrogen (secondary N) is 1. The molecule has 0 aromatic heterocycles. The molecule has 116 valence electrons. The van der Waals surface area contributed by atoms with Crippen LogP contribution in [-0.2, 0) is 10.0 Å². The Morgan fingerprint density at radius 3 is 2.43 bits per heavy atom. The van der Waals surface area contributed by atoms with E-state index in [4.69, 9.17) is 5.14 Å². The number of primary sulfonamides is 1. The van der Waals surface area contributed by atoms with Gasteiger partial charge in [0.15, 0.2) is 0 Å². The van der Waals surface area contributed by atoms with Gasteiger partial charge in [0.1, 0.15) is 16.5 Å². The van der Waals surface area contributed by atoms with Crippen molar-refractivity contribution in [3.8, 4) is 0 Å². The smallest absolute Gasteiger partial charge is 0.254 e. The summed E-state index contributed by atoms with van der Waals surface area (Å²) in [7, 11) is -4.36. The first-order valence-corrected chi connectivity index (χ1v) is 8.13. The summed E-state index contributed by atoms with van der Waals surface area (Å²) < 4.78 is 49.4. The normalized spacial score (nSPS) is 16.1. The number of nitrogens with two attached hydrogens (primary N) is 1. The largest absolute Gasteiger partial charge is 0.352 e. The molecule has 0 aliphatic heterocycles. The van der Waals surface area contributed by atoms with E-state index in [1.807, 2.05) is 0 Å². The van der Waals surface area contributed by atoms with Gasteiger partial charge in [-0.3, -0.25) is 4.79 Å². The minimum atomic E-state index is -4.36. The molecule has 0 saturated heterocycles. The summed E-state index contributed by atoms with van der Waals surface area (Å²) in [6.45, 7) is 0.389. The van der Waals surface area contributed by atoms with E-state index in [1.54, 1.807) is 0 Å². The van der Waals surface area contributed by atoms with Crippen LogP contribution in [0.2, 0.25) is 0 Å². The highest BCUT2D eigenvalue weighted by Crippen LogP contribution is 2.24. The Balaban J connectivity index is 2.20. The van der Waals surface area contributed by atoms with Gasteiger partial charge in [0.25, 0.3) is 5.91 Å². The number of rotatable bonds is 4. The molecule has 1 aliphatic carbocycles. The van der Waals surface area contributed by atoms with E-state index in [9.17, 15) is 22.0 Å². The lowest BCUT2D eigenvalue weighted by molar-refractivity contribution is 0.0943. The van der Waals surface area contributed by atoms with Crippen molar-refractivity contribution >= 4 is 15.9 Å². The minimum absolute atomic E-state index is 0.343. The van der Waals surface area contributed by atoms with E-state index in [-0.39, 0.29) is 0 Å². The monoisotopic (exact) mass is 318 g/mol. The van der Waals surface area contributed by atoms with Gasteiger partial charge in [-0.25, -0.2) is 22.3 Å². The van der Waals surface area contributed by atoms with Gasteiger partial charge in [0, 0.05) is 12.6 Å². The van der Waals surface area contributed by atoms with Gasteiger partial charge in [0.2, 0.25) is 10.0 Å². The van der Waals surface area contributed by atoms with Gasteiger partial charge in [-0.1, -0.05) is 12.8 Å². The summed E-state index contributed by atoms with van der Waals surface area (Å²) in [6.07, 6.45) is 4.19. The first kappa shape index (κ1) is 15.8. The highest BCUT2D eigenvalue weighted by Gasteiger charge is 2.22. The molecule has 0 heterocycles. The van der Waals surface area contributed by atoms with Crippen LogP contribution in [0, 0.1) is 17.6 Å². The van der Waals surface area contributed by atoms with E-state index < -0.39 is 38.0 Å². The number of sulfonamides is 1. The van der Waals surface area contributed by atoms with Crippen LogP contribution < -0.4 is 10.5 Å². The fourth-order valence-electron chi connectivity index (χ4n) is 2.47. The SMILES string of the molecule is NS(=O)(=O)c1cc(C(=O)NCC2CCCC2)c(F)cc1F. The molecule has 1 saturated carbocycles. The second-order valence-electron chi connectivity index (χ2n) is 5.17. The Kier molecular flexibility index (Phi) is 4.58. The summed E-state index contributed by atoms with van der Waals surface area (Å²) >= 11 is 0.